The molecule has 1 aromatic carbocycles. The molecule has 0 aliphatic rings. The molecule has 0 fully saturated rings. The summed E-state index contributed by atoms with van der Waals surface area (Å²) in [6.45, 7) is 0. The highest BCUT2D eigenvalue weighted by atomic mass is 79.9. The van der Waals surface area contributed by atoms with Gasteiger partial charge < -0.3 is 18.9 Å². The number of ether oxygens (including phenoxy) is 4. The monoisotopic (exact) mass is 358 g/mol. The van der Waals surface area contributed by atoms with Crippen molar-refractivity contribution in [1.29, 1.82) is 0 Å². The van der Waals surface area contributed by atoms with Crippen molar-refractivity contribution >= 4 is 33.9 Å². The third kappa shape index (κ3) is 3.98. The predicted molar refractivity (Wildman–Crippen MR) is 79.3 cm³/mol. The third-order valence-corrected chi connectivity index (χ3v) is 3.30. The number of carbonyl (C=O) groups excluding carboxylic acids is 2. The Bertz CT molecular complexity index is 561. The van der Waals surface area contributed by atoms with Gasteiger partial charge in [-0.25, -0.2) is 9.59 Å². The van der Waals surface area contributed by atoms with E-state index in [1.165, 1.54) is 34.5 Å². The minimum absolute atomic E-state index is 0.229. The van der Waals surface area contributed by atoms with Crippen molar-refractivity contribution in [3.63, 3.8) is 0 Å². The molecule has 21 heavy (non-hydrogen) atoms. The van der Waals surface area contributed by atoms with Crippen molar-refractivity contribution in [3.05, 3.63) is 27.7 Å². The molecular formula is C14H15BrO6. The zero-order valence-corrected chi connectivity index (χ0v) is 13.6. The van der Waals surface area contributed by atoms with Gasteiger partial charge in [-0.1, -0.05) is 15.9 Å². The molecule has 0 bridgehead atoms. The Balaban J connectivity index is 3.39. The van der Waals surface area contributed by atoms with Gasteiger partial charge in [0.25, 0.3) is 0 Å². The number of hydrogen-bond donors (Lipinski definition) is 0. The molecule has 7 heteroatoms. The van der Waals surface area contributed by atoms with Crippen LogP contribution in [0.15, 0.2) is 22.2 Å². The summed E-state index contributed by atoms with van der Waals surface area (Å²) < 4.78 is 20.1. The van der Waals surface area contributed by atoms with E-state index in [1.54, 1.807) is 12.1 Å². The van der Waals surface area contributed by atoms with Gasteiger partial charge in [0, 0.05) is 4.47 Å². The first-order valence-corrected chi connectivity index (χ1v) is 6.57. The molecule has 6 nitrogen and oxygen atoms in total. The molecule has 0 saturated carbocycles. The Kier molecular flexibility index (Phi) is 6.23. The van der Waals surface area contributed by atoms with Crippen molar-refractivity contribution in [1.82, 2.24) is 0 Å². The van der Waals surface area contributed by atoms with E-state index in [-0.39, 0.29) is 5.57 Å². The first kappa shape index (κ1) is 17.0. The van der Waals surface area contributed by atoms with Crippen LogP contribution in [0.4, 0.5) is 0 Å². The summed E-state index contributed by atoms with van der Waals surface area (Å²) in [6.07, 6.45) is 1.35. The Hall–Kier alpha value is -2.02. The lowest BCUT2D eigenvalue weighted by molar-refractivity contribution is -0.143. The van der Waals surface area contributed by atoms with Crippen molar-refractivity contribution < 1.29 is 28.5 Å². The second-order valence-corrected chi connectivity index (χ2v) is 4.62. The van der Waals surface area contributed by atoms with Gasteiger partial charge in [-0.3, -0.25) is 0 Å². The standard InChI is InChI=1S/C14H15BrO6/c1-18-11-6-8(10(15)7-12(11)19-2)5-9(13(16)20-3)14(17)21-4/h5-7H,1-4H3. The van der Waals surface area contributed by atoms with Gasteiger partial charge in [-0.15, -0.1) is 0 Å². The average molecular weight is 359 g/mol. The molecule has 114 valence electrons. The van der Waals surface area contributed by atoms with E-state index in [0.29, 0.717) is 21.5 Å². The van der Waals surface area contributed by atoms with Crippen LogP contribution in [-0.4, -0.2) is 40.4 Å². The highest BCUT2D eigenvalue weighted by Crippen LogP contribution is 2.34. The number of esters is 2. The zero-order chi connectivity index (χ0) is 16.0. The maximum absolute atomic E-state index is 11.6. The fourth-order valence-corrected chi connectivity index (χ4v) is 1.99. The number of rotatable bonds is 5. The Morgan fingerprint density at radius 1 is 0.952 bits per heavy atom. The van der Waals surface area contributed by atoms with E-state index in [4.69, 9.17) is 9.47 Å². The Morgan fingerprint density at radius 2 is 1.43 bits per heavy atom. The molecule has 0 aromatic heterocycles. The van der Waals surface area contributed by atoms with Gasteiger partial charge in [0.15, 0.2) is 11.5 Å². The van der Waals surface area contributed by atoms with E-state index in [2.05, 4.69) is 25.4 Å². The number of carbonyl (C=O) groups is 2. The van der Waals surface area contributed by atoms with Crippen LogP contribution in [0.5, 0.6) is 11.5 Å². The lowest BCUT2D eigenvalue weighted by Gasteiger charge is -2.10. The van der Waals surface area contributed by atoms with Gasteiger partial charge in [-0.2, -0.15) is 0 Å². The fourth-order valence-electron chi connectivity index (χ4n) is 1.56. The van der Waals surface area contributed by atoms with Crippen molar-refractivity contribution in [3.8, 4) is 11.5 Å². The van der Waals surface area contributed by atoms with Crippen molar-refractivity contribution in [2.75, 3.05) is 28.4 Å². The fraction of sp³-hybridized carbons (Fsp3) is 0.286. The van der Waals surface area contributed by atoms with Crippen LogP contribution in [0.1, 0.15) is 5.56 Å². The topological polar surface area (TPSA) is 71.1 Å². The summed E-state index contributed by atoms with van der Waals surface area (Å²) in [7, 11) is 5.36. The number of hydrogen-bond acceptors (Lipinski definition) is 6. The minimum Gasteiger partial charge on any atom is -0.493 e. The van der Waals surface area contributed by atoms with Crippen LogP contribution in [0.25, 0.3) is 6.08 Å². The molecule has 0 atom stereocenters. The summed E-state index contributed by atoms with van der Waals surface area (Å²) in [4.78, 5) is 23.3. The molecule has 0 spiro atoms. The van der Waals surface area contributed by atoms with Gasteiger partial charge in [-0.05, 0) is 23.8 Å². The van der Waals surface area contributed by atoms with Crippen molar-refractivity contribution in [2.45, 2.75) is 0 Å². The molecule has 0 aliphatic carbocycles. The van der Waals surface area contributed by atoms with Gasteiger partial charge in [0.1, 0.15) is 5.57 Å². The van der Waals surface area contributed by atoms with Gasteiger partial charge in [0.2, 0.25) is 0 Å². The Morgan fingerprint density at radius 3 is 1.86 bits per heavy atom. The number of benzene rings is 1. The normalized spacial score (nSPS) is 9.57. The first-order chi connectivity index (χ1) is 9.98. The van der Waals surface area contributed by atoms with E-state index in [9.17, 15) is 9.59 Å². The van der Waals surface area contributed by atoms with E-state index < -0.39 is 11.9 Å². The Labute approximate surface area is 130 Å². The van der Waals surface area contributed by atoms with Crippen LogP contribution < -0.4 is 9.47 Å². The lowest BCUT2D eigenvalue weighted by Crippen LogP contribution is -2.15. The molecule has 1 rings (SSSR count). The van der Waals surface area contributed by atoms with Crippen LogP contribution in [-0.2, 0) is 19.1 Å². The number of methoxy groups -OCH3 is 4. The smallest absolute Gasteiger partial charge is 0.345 e. The van der Waals surface area contributed by atoms with Crippen LogP contribution in [0.2, 0.25) is 0 Å². The van der Waals surface area contributed by atoms with E-state index in [1.807, 2.05) is 0 Å². The second-order valence-electron chi connectivity index (χ2n) is 3.77. The summed E-state index contributed by atoms with van der Waals surface area (Å²) >= 11 is 3.34. The van der Waals surface area contributed by atoms with E-state index >= 15 is 0 Å². The molecule has 0 N–H and O–H groups in total. The minimum atomic E-state index is -0.788. The van der Waals surface area contributed by atoms with Crippen LogP contribution in [0, 0.1) is 0 Å². The van der Waals surface area contributed by atoms with Crippen LogP contribution >= 0.6 is 15.9 Å². The molecule has 0 amide bonds. The molecule has 0 unspecified atom stereocenters. The lowest BCUT2D eigenvalue weighted by atomic mass is 10.1. The third-order valence-electron chi connectivity index (χ3n) is 2.61. The van der Waals surface area contributed by atoms with E-state index in [0.717, 1.165) is 0 Å². The molecule has 1 aromatic rings. The van der Waals surface area contributed by atoms with Gasteiger partial charge >= 0.3 is 11.9 Å². The SMILES string of the molecule is COC(=O)C(=Cc1cc(OC)c(OC)cc1Br)C(=O)OC. The molecule has 0 radical (unpaired) electrons. The predicted octanol–water partition coefficient (Wildman–Crippen LogP) is 2.20. The summed E-state index contributed by atoms with van der Waals surface area (Å²) in [5.74, 6) is -0.604. The zero-order valence-electron chi connectivity index (χ0n) is 12.1. The summed E-state index contributed by atoms with van der Waals surface area (Å²) in [5, 5.41) is 0. The largest absolute Gasteiger partial charge is 0.493 e. The number of halogens is 1. The van der Waals surface area contributed by atoms with Crippen molar-refractivity contribution in [2.24, 2.45) is 0 Å². The second kappa shape index (κ2) is 7.68. The highest BCUT2D eigenvalue weighted by Gasteiger charge is 2.20. The first-order valence-electron chi connectivity index (χ1n) is 5.78. The molecule has 0 heterocycles. The molecule has 0 saturated heterocycles. The summed E-state index contributed by atoms with van der Waals surface area (Å²) in [5.41, 5.74) is 0.311. The highest BCUT2D eigenvalue weighted by molar-refractivity contribution is 9.10. The van der Waals surface area contributed by atoms with Crippen LogP contribution in [0.3, 0.4) is 0 Å². The average Bonchev–Trinajstić information content (AvgIpc) is 2.51. The summed E-state index contributed by atoms with van der Waals surface area (Å²) in [6, 6.07) is 3.28. The molecular weight excluding hydrogens is 344 g/mol. The molecule has 0 aliphatic heterocycles. The maximum atomic E-state index is 11.6. The maximum Gasteiger partial charge on any atom is 0.345 e. The quantitative estimate of drug-likeness (QED) is 0.347. The van der Waals surface area contributed by atoms with Gasteiger partial charge in [0.05, 0.1) is 28.4 Å².